The summed E-state index contributed by atoms with van der Waals surface area (Å²) in [4.78, 5) is 4.20. The third-order valence-corrected chi connectivity index (χ3v) is 5.01. The number of nitrogens with zero attached hydrogens (tertiary/aromatic N) is 2. The van der Waals surface area contributed by atoms with E-state index in [1.54, 1.807) is 16.7 Å². The lowest BCUT2D eigenvalue weighted by atomic mass is 10.1. The largest absolute Gasteiger partial charge is 0.396 e. The minimum atomic E-state index is -1.04. The van der Waals surface area contributed by atoms with Gasteiger partial charge in [-0.15, -0.1) is 0 Å². The molecule has 1 aliphatic carbocycles. The van der Waals surface area contributed by atoms with Gasteiger partial charge in [0.05, 0.1) is 33.2 Å². The number of imidazole rings is 1. The van der Waals surface area contributed by atoms with Crippen LogP contribution in [0.25, 0.3) is 11.0 Å². The molecule has 0 bridgehead atoms. The molecule has 0 spiro atoms. The first kappa shape index (κ1) is 15.3. The van der Waals surface area contributed by atoms with Gasteiger partial charge in [0.25, 0.3) is 0 Å². The SMILES string of the molecule is OCC1C[C@H](n2c(Cl)nc3cc(Cl)c(Cl)cc32)C(O)C1O. The highest BCUT2D eigenvalue weighted by Gasteiger charge is 2.43. The maximum atomic E-state index is 10.2. The summed E-state index contributed by atoms with van der Waals surface area (Å²) in [6, 6.07) is 2.75. The molecule has 1 aliphatic rings. The van der Waals surface area contributed by atoms with E-state index in [0.29, 0.717) is 27.5 Å². The van der Waals surface area contributed by atoms with Crippen molar-refractivity contribution in [3.8, 4) is 0 Å². The molecule has 2 aromatic rings. The van der Waals surface area contributed by atoms with Crippen molar-refractivity contribution in [2.45, 2.75) is 24.7 Å². The Balaban J connectivity index is 2.12. The van der Waals surface area contributed by atoms with Crippen LogP contribution in [0.15, 0.2) is 12.1 Å². The topological polar surface area (TPSA) is 78.5 Å². The average molecular weight is 352 g/mol. The van der Waals surface area contributed by atoms with E-state index in [-0.39, 0.29) is 11.9 Å². The zero-order valence-corrected chi connectivity index (χ0v) is 13.0. The molecule has 0 amide bonds. The predicted octanol–water partition coefficient (Wildman–Crippen LogP) is 2.27. The van der Waals surface area contributed by atoms with Gasteiger partial charge in [-0.1, -0.05) is 23.2 Å². The molecule has 21 heavy (non-hydrogen) atoms. The zero-order valence-electron chi connectivity index (χ0n) is 10.7. The Kier molecular flexibility index (Phi) is 4.07. The van der Waals surface area contributed by atoms with E-state index in [1.807, 2.05) is 0 Å². The Bertz CT molecular complexity index is 691. The fourth-order valence-electron chi connectivity index (χ4n) is 2.91. The molecule has 1 aromatic heterocycles. The molecule has 3 unspecified atom stereocenters. The molecule has 0 saturated heterocycles. The van der Waals surface area contributed by atoms with Crippen molar-refractivity contribution in [3.05, 3.63) is 27.5 Å². The number of aliphatic hydroxyl groups is 3. The molecule has 1 fully saturated rings. The van der Waals surface area contributed by atoms with Gasteiger partial charge in [-0.2, -0.15) is 0 Å². The van der Waals surface area contributed by atoms with E-state index < -0.39 is 24.2 Å². The number of hydrogen-bond acceptors (Lipinski definition) is 4. The van der Waals surface area contributed by atoms with E-state index in [4.69, 9.17) is 34.8 Å². The number of rotatable bonds is 2. The maximum Gasteiger partial charge on any atom is 0.204 e. The van der Waals surface area contributed by atoms with Crippen molar-refractivity contribution in [1.82, 2.24) is 9.55 Å². The Hall–Kier alpha value is -0.560. The highest BCUT2D eigenvalue weighted by Crippen LogP contribution is 2.40. The van der Waals surface area contributed by atoms with E-state index >= 15 is 0 Å². The maximum absolute atomic E-state index is 10.2. The predicted molar refractivity (Wildman–Crippen MR) is 81.0 cm³/mol. The highest BCUT2D eigenvalue weighted by molar-refractivity contribution is 6.42. The molecule has 1 heterocycles. The van der Waals surface area contributed by atoms with Crippen LogP contribution < -0.4 is 0 Å². The summed E-state index contributed by atoms with van der Waals surface area (Å²) in [5.74, 6) is -0.402. The van der Waals surface area contributed by atoms with Crippen LogP contribution in [0.5, 0.6) is 0 Å². The normalized spacial score (nSPS) is 29.4. The summed E-state index contributed by atoms with van der Waals surface area (Å²) >= 11 is 18.2. The fourth-order valence-corrected chi connectivity index (χ4v) is 3.54. The first-order valence-electron chi connectivity index (χ1n) is 6.43. The molecular formula is C13H13Cl3N2O3. The number of fused-ring (bicyclic) bond motifs is 1. The van der Waals surface area contributed by atoms with Gasteiger partial charge in [-0.3, -0.25) is 0 Å². The summed E-state index contributed by atoms with van der Waals surface area (Å²) in [6.45, 7) is -0.203. The van der Waals surface area contributed by atoms with Crippen molar-refractivity contribution in [3.63, 3.8) is 0 Å². The number of aliphatic hydroxyl groups excluding tert-OH is 3. The second-order valence-electron chi connectivity index (χ2n) is 5.23. The molecule has 5 nitrogen and oxygen atoms in total. The third-order valence-electron chi connectivity index (χ3n) is 4.03. The van der Waals surface area contributed by atoms with E-state index in [9.17, 15) is 15.3 Å². The van der Waals surface area contributed by atoms with Crippen LogP contribution in [0, 0.1) is 5.92 Å². The first-order chi connectivity index (χ1) is 9.93. The van der Waals surface area contributed by atoms with Gasteiger partial charge < -0.3 is 19.9 Å². The van der Waals surface area contributed by atoms with Gasteiger partial charge in [0.1, 0.15) is 6.10 Å². The number of benzene rings is 1. The molecule has 3 rings (SSSR count). The second-order valence-corrected chi connectivity index (χ2v) is 6.39. The van der Waals surface area contributed by atoms with Crippen LogP contribution in [-0.2, 0) is 0 Å². The van der Waals surface area contributed by atoms with Gasteiger partial charge in [-0.05, 0) is 30.2 Å². The summed E-state index contributed by atoms with van der Waals surface area (Å²) in [5.41, 5.74) is 1.19. The molecule has 4 atom stereocenters. The summed E-state index contributed by atoms with van der Waals surface area (Å²) in [6.07, 6.45) is -1.65. The van der Waals surface area contributed by atoms with Crippen molar-refractivity contribution >= 4 is 45.8 Å². The quantitative estimate of drug-likeness (QED) is 0.775. The molecule has 3 N–H and O–H groups in total. The molecular weight excluding hydrogens is 339 g/mol. The van der Waals surface area contributed by atoms with Crippen LogP contribution in [0.1, 0.15) is 12.5 Å². The Labute approximate surface area is 135 Å². The number of halogens is 3. The molecule has 114 valence electrons. The number of aromatic nitrogens is 2. The van der Waals surface area contributed by atoms with Crippen LogP contribution in [-0.4, -0.2) is 43.7 Å². The molecule has 1 aromatic carbocycles. The lowest BCUT2D eigenvalue weighted by Gasteiger charge is -2.19. The fraction of sp³-hybridized carbons (Fsp3) is 0.462. The van der Waals surface area contributed by atoms with E-state index in [1.165, 1.54) is 0 Å². The number of hydrogen-bond donors (Lipinski definition) is 3. The minimum Gasteiger partial charge on any atom is -0.396 e. The lowest BCUT2D eigenvalue weighted by molar-refractivity contribution is -0.00362. The molecule has 1 saturated carbocycles. The standard InChI is InChI=1S/C13H13Cl3N2O3/c14-6-2-8-9(3-7(6)15)18(13(16)17-8)10-1-5(4-19)11(20)12(10)21/h2-3,5,10-12,19-21H,1,4H2/t5?,10-,11?,12?/m0/s1. The van der Waals surface area contributed by atoms with Crippen LogP contribution in [0.3, 0.4) is 0 Å². The zero-order chi connectivity index (χ0) is 15.3. The van der Waals surface area contributed by atoms with Crippen LogP contribution >= 0.6 is 34.8 Å². The van der Waals surface area contributed by atoms with Crippen LogP contribution in [0.4, 0.5) is 0 Å². The Morgan fingerprint density at radius 3 is 2.43 bits per heavy atom. The van der Waals surface area contributed by atoms with E-state index in [0.717, 1.165) is 0 Å². The van der Waals surface area contributed by atoms with Crippen molar-refractivity contribution in [1.29, 1.82) is 0 Å². The minimum absolute atomic E-state index is 0.179. The van der Waals surface area contributed by atoms with Gasteiger partial charge in [0, 0.05) is 12.5 Å². The Morgan fingerprint density at radius 1 is 1.14 bits per heavy atom. The third kappa shape index (κ3) is 2.42. The van der Waals surface area contributed by atoms with Gasteiger partial charge in [0.2, 0.25) is 5.28 Å². The van der Waals surface area contributed by atoms with Gasteiger partial charge in [-0.25, -0.2) is 4.98 Å². The van der Waals surface area contributed by atoms with Crippen molar-refractivity contribution in [2.24, 2.45) is 5.92 Å². The van der Waals surface area contributed by atoms with Gasteiger partial charge >= 0.3 is 0 Å². The van der Waals surface area contributed by atoms with E-state index in [2.05, 4.69) is 4.98 Å². The summed E-state index contributed by atoms with van der Waals surface area (Å²) in [7, 11) is 0. The molecule has 0 aliphatic heterocycles. The van der Waals surface area contributed by atoms with Gasteiger partial charge in [0.15, 0.2) is 0 Å². The monoisotopic (exact) mass is 350 g/mol. The average Bonchev–Trinajstić information content (AvgIpc) is 2.89. The summed E-state index contributed by atoms with van der Waals surface area (Å²) in [5, 5.41) is 30.3. The van der Waals surface area contributed by atoms with Crippen molar-refractivity contribution < 1.29 is 15.3 Å². The Morgan fingerprint density at radius 2 is 1.81 bits per heavy atom. The highest BCUT2D eigenvalue weighted by atomic mass is 35.5. The smallest absolute Gasteiger partial charge is 0.204 e. The lowest BCUT2D eigenvalue weighted by Crippen LogP contribution is -2.30. The molecule has 0 radical (unpaired) electrons. The summed E-state index contributed by atoms with van der Waals surface area (Å²) < 4.78 is 1.63. The molecule has 8 heteroatoms. The van der Waals surface area contributed by atoms with Crippen molar-refractivity contribution in [2.75, 3.05) is 6.61 Å². The first-order valence-corrected chi connectivity index (χ1v) is 7.57. The second kappa shape index (κ2) is 5.57. The van der Waals surface area contributed by atoms with Crippen LogP contribution in [0.2, 0.25) is 15.3 Å².